The van der Waals surface area contributed by atoms with E-state index in [0.29, 0.717) is 24.8 Å². The molecule has 1 aliphatic heterocycles. The Bertz CT molecular complexity index is 622. The van der Waals surface area contributed by atoms with E-state index in [1.165, 1.54) is 0 Å². The van der Waals surface area contributed by atoms with Gasteiger partial charge in [0, 0.05) is 24.5 Å². The van der Waals surface area contributed by atoms with Gasteiger partial charge in [-0.2, -0.15) is 0 Å². The number of carbonyl (C=O) groups is 1. The van der Waals surface area contributed by atoms with Crippen molar-refractivity contribution in [3.05, 3.63) is 35.6 Å². The number of nitrogens with zero attached hydrogens (tertiary/aromatic N) is 1. The Hall–Kier alpha value is -1.81. The van der Waals surface area contributed by atoms with Gasteiger partial charge in [-0.15, -0.1) is 0 Å². The SMILES string of the molecule is Cc1ccc2oc(C(=O)N3CC(C)C(N)C3)cc2c1. The van der Waals surface area contributed by atoms with E-state index in [9.17, 15) is 4.79 Å². The van der Waals surface area contributed by atoms with Crippen molar-refractivity contribution in [2.24, 2.45) is 11.7 Å². The molecule has 1 aromatic heterocycles. The topological polar surface area (TPSA) is 59.5 Å². The van der Waals surface area contributed by atoms with Crippen LogP contribution in [0.1, 0.15) is 23.0 Å². The standard InChI is InChI=1S/C15H18N2O2/c1-9-3-4-13-11(5-9)6-14(19-13)15(18)17-7-10(2)12(16)8-17/h3-6,10,12H,7-8,16H2,1-2H3. The number of furan rings is 1. The molecule has 1 aliphatic rings. The predicted octanol–water partition coefficient (Wildman–Crippen LogP) is 2.16. The van der Waals surface area contributed by atoms with E-state index in [4.69, 9.17) is 10.2 Å². The fourth-order valence-corrected chi connectivity index (χ4v) is 2.58. The van der Waals surface area contributed by atoms with Crippen molar-refractivity contribution in [3.63, 3.8) is 0 Å². The fraction of sp³-hybridized carbons (Fsp3) is 0.400. The van der Waals surface area contributed by atoms with Crippen LogP contribution in [0.2, 0.25) is 0 Å². The maximum atomic E-state index is 12.4. The van der Waals surface area contributed by atoms with Gasteiger partial charge in [-0.3, -0.25) is 4.79 Å². The van der Waals surface area contributed by atoms with E-state index in [1.807, 2.05) is 31.2 Å². The highest BCUT2D eigenvalue weighted by Crippen LogP contribution is 2.23. The molecule has 19 heavy (non-hydrogen) atoms. The highest BCUT2D eigenvalue weighted by molar-refractivity contribution is 5.96. The van der Waals surface area contributed by atoms with Crippen LogP contribution >= 0.6 is 0 Å². The van der Waals surface area contributed by atoms with E-state index < -0.39 is 0 Å². The number of amides is 1. The molecule has 0 radical (unpaired) electrons. The second-order valence-corrected chi connectivity index (χ2v) is 5.50. The molecule has 3 rings (SSSR count). The number of hydrogen-bond donors (Lipinski definition) is 1. The van der Waals surface area contributed by atoms with Crippen molar-refractivity contribution in [2.75, 3.05) is 13.1 Å². The molecule has 4 heteroatoms. The third kappa shape index (κ3) is 2.12. The molecule has 2 unspecified atom stereocenters. The van der Waals surface area contributed by atoms with Gasteiger partial charge in [0.05, 0.1) is 0 Å². The molecule has 4 nitrogen and oxygen atoms in total. The first-order chi connectivity index (χ1) is 9.04. The van der Waals surface area contributed by atoms with Crippen LogP contribution in [0.4, 0.5) is 0 Å². The van der Waals surface area contributed by atoms with E-state index in [2.05, 4.69) is 6.92 Å². The lowest BCUT2D eigenvalue weighted by atomic mass is 10.1. The van der Waals surface area contributed by atoms with Crippen LogP contribution in [0.3, 0.4) is 0 Å². The molecule has 2 aromatic rings. The van der Waals surface area contributed by atoms with Crippen molar-refractivity contribution < 1.29 is 9.21 Å². The van der Waals surface area contributed by atoms with Gasteiger partial charge in [0.15, 0.2) is 5.76 Å². The summed E-state index contributed by atoms with van der Waals surface area (Å²) in [6, 6.07) is 7.79. The number of carbonyl (C=O) groups excluding carboxylic acids is 1. The molecule has 1 saturated heterocycles. The first-order valence-electron chi connectivity index (χ1n) is 6.59. The number of fused-ring (bicyclic) bond motifs is 1. The molecule has 0 saturated carbocycles. The van der Waals surface area contributed by atoms with E-state index in [0.717, 1.165) is 16.5 Å². The predicted molar refractivity (Wildman–Crippen MR) is 74.0 cm³/mol. The summed E-state index contributed by atoms with van der Waals surface area (Å²) in [6.45, 7) is 5.40. The molecular weight excluding hydrogens is 240 g/mol. The highest BCUT2D eigenvalue weighted by atomic mass is 16.3. The van der Waals surface area contributed by atoms with Gasteiger partial charge >= 0.3 is 0 Å². The van der Waals surface area contributed by atoms with Crippen LogP contribution in [0.25, 0.3) is 11.0 Å². The van der Waals surface area contributed by atoms with E-state index >= 15 is 0 Å². The Labute approximate surface area is 112 Å². The summed E-state index contributed by atoms with van der Waals surface area (Å²) in [6.07, 6.45) is 0. The minimum absolute atomic E-state index is 0.0614. The lowest BCUT2D eigenvalue weighted by Gasteiger charge is -2.13. The summed E-state index contributed by atoms with van der Waals surface area (Å²) < 4.78 is 5.64. The summed E-state index contributed by atoms with van der Waals surface area (Å²) in [5.41, 5.74) is 7.87. The van der Waals surface area contributed by atoms with Gasteiger partial charge in [0.2, 0.25) is 0 Å². The molecule has 0 spiro atoms. The summed E-state index contributed by atoms with van der Waals surface area (Å²) in [5.74, 6) is 0.686. The Morgan fingerprint density at radius 2 is 2.16 bits per heavy atom. The second-order valence-electron chi connectivity index (χ2n) is 5.50. The van der Waals surface area contributed by atoms with Crippen molar-refractivity contribution in [1.82, 2.24) is 4.90 Å². The molecule has 0 bridgehead atoms. The number of hydrogen-bond acceptors (Lipinski definition) is 3. The minimum Gasteiger partial charge on any atom is -0.451 e. The smallest absolute Gasteiger partial charge is 0.289 e. The zero-order valence-electron chi connectivity index (χ0n) is 11.2. The first kappa shape index (κ1) is 12.2. The Balaban J connectivity index is 1.90. The van der Waals surface area contributed by atoms with E-state index in [-0.39, 0.29) is 11.9 Å². The molecule has 0 aliphatic carbocycles. The van der Waals surface area contributed by atoms with Crippen LogP contribution in [0.15, 0.2) is 28.7 Å². The largest absolute Gasteiger partial charge is 0.451 e. The first-order valence-corrected chi connectivity index (χ1v) is 6.59. The molecule has 1 fully saturated rings. The van der Waals surface area contributed by atoms with Gasteiger partial charge in [-0.25, -0.2) is 0 Å². The molecule has 1 aromatic carbocycles. The minimum atomic E-state index is -0.0614. The van der Waals surface area contributed by atoms with Crippen LogP contribution in [-0.4, -0.2) is 29.9 Å². The van der Waals surface area contributed by atoms with Gasteiger partial charge < -0.3 is 15.1 Å². The van der Waals surface area contributed by atoms with Gasteiger partial charge in [0.1, 0.15) is 5.58 Å². The van der Waals surface area contributed by atoms with Crippen LogP contribution in [0.5, 0.6) is 0 Å². The van der Waals surface area contributed by atoms with E-state index in [1.54, 1.807) is 4.90 Å². The average molecular weight is 258 g/mol. The van der Waals surface area contributed by atoms with Crippen molar-refractivity contribution in [1.29, 1.82) is 0 Å². The maximum Gasteiger partial charge on any atom is 0.289 e. The number of rotatable bonds is 1. The van der Waals surface area contributed by atoms with Crippen LogP contribution < -0.4 is 5.73 Å². The summed E-state index contributed by atoms with van der Waals surface area (Å²) in [5, 5.41) is 0.972. The number of aryl methyl sites for hydroxylation is 1. The fourth-order valence-electron chi connectivity index (χ4n) is 2.58. The third-order valence-electron chi connectivity index (χ3n) is 3.84. The normalized spacial score (nSPS) is 23.2. The zero-order valence-corrected chi connectivity index (χ0v) is 11.2. The molecule has 2 N–H and O–H groups in total. The maximum absolute atomic E-state index is 12.4. The Morgan fingerprint density at radius 3 is 2.84 bits per heavy atom. The number of likely N-dealkylation sites (tertiary alicyclic amines) is 1. The van der Waals surface area contributed by atoms with Gasteiger partial charge in [0.25, 0.3) is 5.91 Å². The summed E-state index contributed by atoms with van der Waals surface area (Å²) in [4.78, 5) is 14.1. The zero-order chi connectivity index (χ0) is 13.6. The average Bonchev–Trinajstić information content (AvgIpc) is 2.92. The van der Waals surface area contributed by atoms with Crippen molar-refractivity contribution in [2.45, 2.75) is 19.9 Å². The van der Waals surface area contributed by atoms with Gasteiger partial charge in [-0.1, -0.05) is 18.6 Å². The lowest BCUT2D eigenvalue weighted by molar-refractivity contribution is 0.0757. The number of benzene rings is 1. The molecule has 1 amide bonds. The summed E-state index contributed by atoms with van der Waals surface area (Å²) >= 11 is 0. The number of nitrogens with two attached hydrogens (primary N) is 1. The molecular formula is C15H18N2O2. The van der Waals surface area contributed by atoms with Crippen LogP contribution in [0, 0.1) is 12.8 Å². The molecule has 100 valence electrons. The Morgan fingerprint density at radius 1 is 1.37 bits per heavy atom. The second kappa shape index (κ2) is 4.38. The quantitative estimate of drug-likeness (QED) is 0.852. The van der Waals surface area contributed by atoms with Crippen LogP contribution in [-0.2, 0) is 0 Å². The van der Waals surface area contributed by atoms with Crippen molar-refractivity contribution in [3.8, 4) is 0 Å². The molecule has 2 atom stereocenters. The lowest BCUT2D eigenvalue weighted by Crippen LogP contribution is -2.31. The third-order valence-corrected chi connectivity index (χ3v) is 3.84. The highest BCUT2D eigenvalue weighted by Gasteiger charge is 2.31. The Kier molecular flexibility index (Phi) is 2.82. The van der Waals surface area contributed by atoms with Crippen molar-refractivity contribution >= 4 is 16.9 Å². The molecule has 2 heterocycles. The van der Waals surface area contributed by atoms with Gasteiger partial charge in [-0.05, 0) is 31.0 Å². The monoisotopic (exact) mass is 258 g/mol. The summed E-state index contributed by atoms with van der Waals surface area (Å²) in [7, 11) is 0.